The number of hydrogen-bond donors (Lipinski definition) is 2. The van der Waals surface area contributed by atoms with Gasteiger partial charge in [-0.05, 0) is 18.1 Å². The first kappa shape index (κ1) is 15.7. The minimum atomic E-state index is -1.06. The molecule has 1 aromatic carbocycles. The van der Waals surface area contributed by atoms with Crippen molar-refractivity contribution in [1.82, 2.24) is 20.3 Å². The minimum Gasteiger partial charge on any atom is -0.480 e. The summed E-state index contributed by atoms with van der Waals surface area (Å²) < 4.78 is 1.47. The molecule has 0 unspecified atom stereocenters. The fraction of sp³-hybridized carbons (Fsp3) is 0.333. The van der Waals surface area contributed by atoms with Gasteiger partial charge in [-0.2, -0.15) is 0 Å². The van der Waals surface area contributed by atoms with Crippen LogP contribution in [0, 0.1) is 5.92 Å². The van der Waals surface area contributed by atoms with Crippen molar-refractivity contribution >= 4 is 11.9 Å². The van der Waals surface area contributed by atoms with Gasteiger partial charge in [0.05, 0.1) is 11.9 Å². The lowest BCUT2D eigenvalue weighted by Crippen LogP contribution is -2.45. The second kappa shape index (κ2) is 6.84. The highest BCUT2D eigenvalue weighted by molar-refractivity contribution is 5.94. The van der Waals surface area contributed by atoms with E-state index < -0.39 is 17.9 Å². The summed E-state index contributed by atoms with van der Waals surface area (Å²) in [7, 11) is 0. The van der Waals surface area contributed by atoms with Gasteiger partial charge < -0.3 is 10.4 Å². The average Bonchev–Trinajstić information content (AvgIpc) is 3.02. The van der Waals surface area contributed by atoms with Crippen LogP contribution in [0.25, 0.3) is 5.69 Å². The number of aromatic nitrogens is 3. The molecule has 2 atom stereocenters. The van der Waals surface area contributed by atoms with Crippen LogP contribution in [0.15, 0.2) is 36.5 Å². The van der Waals surface area contributed by atoms with Gasteiger partial charge in [0.1, 0.15) is 6.04 Å². The van der Waals surface area contributed by atoms with Gasteiger partial charge in [0.15, 0.2) is 5.69 Å². The lowest BCUT2D eigenvalue weighted by atomic mass is 9.99. The summed E-state index contributed by atoms with van der Waals surface area (Å²) in [4.78, 5) is 23.4. The first-order valence-electron chi connectivity index (χ1n) is 7.04. The van der Waals surface area contributed by atoms with E-state index in [1.54, 1.807) is 6.92 Å². The molecule has 116 valence electrons. The second-order valence-corrected chi connectivity index (χ2v) is 5.06. The Labute approximate surface area is 128 Å². The molecule has 1 heterocycles. The van der Waals surface area contributed by atoms with Gasteiger partial charge in [-0.1, -0.05) is 43.7 Å². The number of nitrogens with zero attached hydrogens (tertiary/aromatic N) is 3. The molecule has 7 nitrogen and oxygen atoms in total. The van der Waals surface area contributed by atoms with E-state index in [0.717, 1.165) is 5.69 Å². The number of benzene rings is 1. The molecule has 2 rings (SSSR count). The molecule has 0 spiro atoms. The summed E-state index contributed by atoms with van der Waals surface area (Å²) in [6.45, 7) is 3.65. The molecule has 1 amide bonds. The molecule has 0 aliphatic heterocycles. The van der Waals surface area contributed by atoms with E-state index >= 15 is 0 Å². The van der Waals surface area contributed by atoms with Crippen molar-refractivity contribution in [3.05, 3.63) is 42.2 Å². The third kappa shape index (κ3) is 3.49. The predicted molar refractivity (Wildman–Crippen MR) is 79.7 cm³/mol. The van der Waals surface area contributed by atoms with Crippen LogP contribution < -0.4 is 5.32 Å². The van der Waals surface area contributed by atoms with Crippen LogP contribution in [0.2, 0.25) is 0 Å². The smallest absolute Gasteiger partial charge is 0.326 e. The molecule has 2 N–H and O–H groups in total. The van der Waals surface area contributed by atoms with Crippen molar-refractivity contribution in [2.75, 3.05) is 0 Å². The van der Waals surface area contributed by atoms with Crippen molar-refractivity contribution in [2.24, 2.45) is 5.92 Å². The van der Waals surface area contributed by atoms with Crippen molar-refractivity contribution in [2.45, 2.75) is 26.3 Å². The van der Waals surface area contributed by atoms with Crippen LogP contribution in [0.1, 0.15) is 30.8 Å². The topological polar surface area (TPSA) is 97.1 Å². The molecule has 1 aromatic heterocycles. The minimum absolute atomic E-state index is 0.0819. The van der Waals surface area contributed by atoms with Crippen molar-refractivity contribution in [3.63, 3.8) is 0 Å². The first-order chi connectivity index (χ1) is 10.5. The molecule has 0 radical (unpaired) electrons. The fourth-order valence-corrected chi connectivity index (χ4v) is 1.97. The highest BCUT2D eigenvalue weighted by Gasteiger charge is 2.26. The Bertz CT molecular complexity index is 654. The highest BCUT2D eigenvalue weighted by atomic mass is 16.4. The van der Waals surface area contributed by atoms with Gasteiger partial charge in [-0.3, -0.25) is 4.79 Å². The number of carboxylic acid groups (broad SMARTS) is 1. The summed E-state index contributed by atoms with van der Waals surface area (Å²) in [6, 6.07) is 8.28. The van der Waals surface area contributed by atoms with Crippen molar-refractivity contribution in [1.29, 1.82) is 0 Å². The first-order valence-corrected chi connectivity index (χ1v) is 7.04. The largest absolute Gasteiger partial charge is 0.480 e. The Morgan fingerprint density at radius 1 is 1.32 bits per heavy atom. The molecular formula is C15H18N4O3. The summed E-state index contributed by atoms with van der Waals surface area (Å²) >= 11 is 0. The molecule has 0 saturated heterocycles. The Morgan fingerprint density at radius 3 is 2.59 bits per heavy atom. The number of carbonyl (C=O) groups excluding carboxylic acids is 1. The Hall–Kier alpha value is -2.70. The molecule has 0 fully saturated rings. The van der Waals surface area contributed by atoms with E-state index in [4.69, 9.17) is 0 Å². The molecule has 0 saturated carbocycles. The van der Waals surface area contributed by atoms with Crippen molar-refractivity contribution in [3.8, 4) is 5.69 Å². The van der Waals surface area contributed by atoms with E-state index in [9.17, 15) is 14.7 Å². The molecule has 0 bridgehead atoms. The summed E-state index contributed by atoms with van der Waals surface area (Å²) in [5, 5.41) is 19.4. The Morgan fingerprint density at radius 2 is 2.00 bits per heavy atom. The molecule has 2 aromatic rings. The van der Waals surface area contributed by atoms with Crippen LogP contribution in [0.3, 0.4) is 0 Å². The van der Waals surface area contributed by atoms with E-state index in [-0.39, 0.29) is 11.6 Å². The normalized spacial score (nSPS) is 13.4. The van der Waals surface area contributed by atoms with Crippen LogP contribution >= 0.6 is 0 Å². The number of amides is 1. The van der Waals surface area contributed by atoms with Crippen LogP contribution in [-0.2, 0) is 4.79 Å². The number of aliphatic carboxylic acids is 1. The maximum absolute atomic E-state index is 12.1. The number of para-hydroxylation sites is 1. The van der Waals surface area contributed by atoms with Crippen LogP contribution in [-0.4, -0.2) is 38.0 Å². The molecule has 22 heavy (non-hydrogen) atoms. The number of rotatable bonds is 6. The van der Waals surface area contributed by atoms with Gasteiger partial charge in [-0.25, -0.2) is 9.48 Å². The van der Waals surface area contributed by atoms with Crippen LogP contribution in [0.4, 0.5) is 0 Å². The zero-order chi connectivity index (χ0) is 16.1. The number of carboxylic acids is 1. The lowest BCUT2D eigenvalue weighted by molar-refractivity contribution is -0.140. The average molecular weight is 302 g/mol. The van der Waals surface area contributed by atoms with Gasteiger partial charge in [0.25, 0.3) is 5.91 Å². The fourth-order valence-electron chi connectivity index (χ4n) is 1.97. The summed E-state index contributed by atoms with van der Waals surface area (Å²) in [6.07, 6.45) is 2.12. The van der Waals surface area contributed by atoms with Gasteiger partial charge in [0, 0.05) is 0 Å². The van der Waals surface area contributed by atoms with Gasteiger partial charge >= 0.3 is 5.97 Å². The maximum Gasteiger partial charge on any atom is 0.326 e. The summed E-state index contributed by atoms with van der Waals surface area (Å²) in [5.41, 5.74) is 0.851. The number of nitrogens with one attached hydrogen (secondary N) is 1. The monoisotopic (exact) mass is 302 g/mol. The molecule has 0 aliphatic rings. The number of carbonyl (C=O) groups is 2. The van der Waals surface area contributed by atoms with Gasteiger partial charge in [0.2, 0.25) is 0 Å². The predicted octanol–water partition coefficient (Wildman–Crippen LogP) is 1.50. The lowest BCUT2D eigenvalue weighted by Gasteiger charge is -2.19. The van der Waals surface area contributed by atoms with E-state index in [1.165, 1.54) is 10.9 Å². The number of hydrogen-bond acceptors (Lipinski definition) is 4. The SMILES string of the molecule is CC[C@H](C)[C@H](NC(=O)c1cn(-c2ccccc2)nn1)C(=O)O. The quantitative estimate of drug-likeness (QED) is 0.842. The van der Waals surface area contributed by atoms with E-state index in [0.29, 0.717) is 6.42 Å². The standard InChI is InChI=1S/C15H18N4O3/c1-3-10(2)13(15(21)22)16-14(20)12-9-19(18-17-12)11-7-5-4-6-8-11/h4-10,13H,3H2,1-2H3,(H,16,20)(H,21,22)/t10-,13-/m0/s1. The van der Waals surface area contributed by atoms with Crippen LogP contribution in [0.5, 0.6) is 0 Å². The van der Waals surface area contributed by atoms with Gasteiger partial charge in [-0.15, -0.1) is 5.10 Å². The Balaban J connectivity index is 2.13. The zero-order valence-corrected chi connectivity index (χ0v) is 12.4. The summed E-state index contributed by atoms with van der Waals surface area (Å²) in [5.74, 6) is -1.78. The third-order valence-electron chi connectivity index (χ3n) is 3.51. The van der Waals surface area contributed by atoms with Crippen molar-refractivity contribution < 1.29 is 14.7 Å². The molecule has 0 aliphatic carbocycles. The van der Waals surface area contributed by atoms with E-state index in [2.05, 4.69) is 15.6 Å². The van der Waals surface area contributed by atoms with E-state index in [1.807, 2.05) is 37.3 Å². The Kier molecular flexibility index (Phi) is 4.88. The second-order valence-electron chi connectivity index (χ2n) is 5.06. The molecular weight excluding hydrogens is 284 g/mol. The highest BCUT2D eigenvalue weighted by Crippen LogP contribution is 2.10. The third-order valence-corrected chi connectivity index (χ3v) is 3.51. The molecule has 7 heteroatoms. The maximum atomic E-state index is 12.1. The zero-order valence-electron chi connectivity index (χ0n) is 12.4.